The zero-order valence-electron chi connectivity index (χ0n) is 26.9. The minimum absolute atomic E-state index is 0.128. The van der Waals surface area contributed by atoms with E-state index in [0.29, 0.717) is 11.5 Å². The van der Waals surface area contributed by atoms with Gasteiger partial charge in [-0.05, 0) is 79.2 Å². The van der Waals surface area contributed by atoms with Gasteiger partial charge in [0.1, 0.15) is 37.9 Å². The summed E-state index contributed by atoms with van der Waals surface area (Å²) in [6.45, 7) is 7.56. The maximum Gasteiger partial charge on any atom is 0.330 e. The first kappa shape index (κ1) is 31.5. The van der Waals surface area contributed by atoms with Crippen molar-refractivity contribution in [2.24, 2.45) is 0 Å². The highest BCUT2D eigenvalue weighted by Gasteiger charge is 2.47. The second-order valence-corrected chi connectivity index (χ2v) is 11.7. The van der Waals surface area contributed by atoms with Gasteiger partial charge in [-0.2, -0.15) is 0 Å². The zero-order valence-corrected chi connectivity index (χ0v) is 26.9. The Morgan fingerprint density at radius 3 is 1.33 bits per heavy atom. The van der Waals surface area contributed by atoms with Crippen molar-refractivity contribution < 1.29 is 28.5 Å². The molecule has 0 saturated heterocycles. The minimum Gasteiger partial charge on any atom is -0.490 e. The van der Waals surface area contributed by atoms with Gasteiger partial charge in [-0.3, -0.25) is 0 Å². The van der Waals surface area contributed by atoms with Crippen LogP contribution in [0.4, 0.5) is 0 Å². The van der Waals surface area contributed by atoms with Gasteiger partial charge < -0.3 is 18.9 Å². The molecular weight excluding hydrogens is 612 g/mol. The van der Waals surface area contributed by atoms with Crippen LogP contribution in [0.3, 0.4) is 0 Å². The van der Waals surface area contributed by atoms with Crippen LogP contribution < -0.4 is 9.47 Å². The molecular formula is C43H34O6. The third-order valence-corrected chi connectivity index (χ3v) is 9.02. The lowest BCUT2D eigenvalue weighted by molar-refractivity contribution is -0.139. The molecule has 0 aliphatic heterocycles. The smallest absolute Gasteiger partial charge is 0.330 e. The Hall–Kier alpha value is -6.14. The Kier molecular flexibility index (Phi) is 8.69. The van der Waals surface area contributed by atoms with Crippen molar-refractivity contribution >= 4 is 33.5 Å². The fourth-order valence-corrected chi connectivity index (χ4v) is 6.96. The molecule has 6 heteroatoms. The first-order chi connectivity index (χ1) is 24.0. The highest BCUT2D eigenvalue weighted by Crippen LogP contribution is 2.59. The molecule has 0 heterocycles. The molecule has 6 aromatic carbocycles. The lowest BCUT2D eigenvalue weighted by atomic mass is 9.67. The Labute approximate surface area is 284 Å². The van der Waals surface area contributed by atoms with Gasteiger partial charge in [0.05, 0.1) is 5.41 Å². The number of esters is 2. The summed E-state index contributed by atoms with van der Waals surface area (Å²) in [6, 6.07) is 42.4. The Balaban J connectivity index is 1.37. The summed E-state index contributed by atoms with van der Waals surface area (Å²) < 4.78 is 22.0. The molecule has 0 spiro atoms. The van der Waals surface area contributed by atoms with Crippen molar-refractivity contribution in [3.05, 3.63) is 169 Å². The molecule has 0 fully saturated rings. The van der Waals surface area contributed by atoms with E-state index in [0.717, 1.165) is 23.3 Å². The Morgan fingerprint density at radius 1 is 0.510 bits per heavy atom. The molecule has 6 nitrogen and oxygen atoms in total. The number of carbonyl (C=O) groups is 2. The molecule has 0 radical (unpaired) electrons. The van der Waals surface area contributed by atoms with Crippen LogP contribution >= 0.6 is 0 Å². The van der Waals surface area contributed by atoms with Crippen molar-refractivity contribution in [2.75, 3.05) is 26.4 Å². The van der Waals surface area contributed by atoms with Crippen LogP contribution in [0.15, 0.2) is 147 Å². The zero-order chi connectivity index (χ0) is 33.8. The van der Waals surface area contributed by atoms with E-state index in [-0.39, 0.29) is 26.4 Å². The predicted molar refractivity (Wildman–Crippen MR) is 192 cm³/mol. The molecule has 0 saturated carbocycles. The van der Waals surface area contributed by atoms with E-state index in [1.807, 2.05) is 24.3 Å². The largest absolute Gasteiger partial charge is 0.490 e. The molecule has 0 atom stereocenters. The number of benzene rings is 6. The predicted octanol–water partition coefficient (Wildman–Crippen LogP) is 8.57. The SMILES string of the molecule is C=CC(=O)OCCOc1ccc(C2(c3ccc(OCCOC(=O)C=C)cc3)c3ccc4ccccc4c3-c3c2ccc2ccccc32)cc1. The van der Waals surface area contributed by atoms with Crippen LogP contribution in [0.5, 0.6) is 11.5 Å². The fourth-order valence-electron chi connectivity index (χ4n) is 6.96. The standard InChI is InChI=1S/C43H34O6/c1-3-39(44)48-27-25-46-33-19-15-31(16-20-33)43(32-17-21-34(22-18-32)47-26-28-49-40(45)4-2)37-23-13-29-9-5-7-11-35(29)41(37)42-36-12-8-6-10-30(36)14-24-38(42)43/h3-24H,1-2,25-28H2. The summed E-state index contributed by atoms with van der Waals surface area (Å²) in [5, 5.41) is 4.75. The van der Waals surface area contributed by atoms with Gasteiger partial charge in [0, 0.05) is 12.2 Å². The second-order valence-electron chi connectivity index (χ2n) is 11.7. The minimum atomic E-state index is -0.672. The quantitative estimate of drug-likeness (QED) is 0.0753. The van der Waals surface area contributed by atoms with Crippen LogP contribution in [0.1, 0.15) is 22.3 Å². The molecule has 6 aromatic rings. The van der Waals surface area contributed by atoms with Gasteiger partial charge in [-0.1, -0.05) is 110 Å². The molecule has 0 aromatic heterocycles. The third kappa shape index (κ3) is 5.72. The number of hydrogen-bond acceptors (Lipinski definition) is 6. The van der Waals surface area contributed by atoms with E-state index in [4.69, 9.17) is 18.9 Å². The fraction of sp³-hybridized carbons (Fsp3) is 0.116. The van der Waals surface area contributed by atoms with Crippen LogP contribution in [-0.4, -0.2) is 38.4 Å². The highest BCUT2D eigenvalue weighted by atomic mass is 16.6. The first-order valence-electron chi connectivity index (χ1n) is 16.1. The summed E-state index contributed by atoms with van der Waals surface area (Å²) in [5.74, 6) is 0.383. The number of carbonyl (C=O) groups excluding carboxylic acids is 2. The van der Waals surface area contributed by atoms with Gasteiger partial charge >= 0.3 is 11.9 Å². The van der Waals surface area contributed by atoms with E-state index in [9.17, 15) is 9.59 Å². The summed E-state index contributed by atoms with van der Waals surface area (Å²) in [4.78, 5) is 22.9. The molecule has 1 aliphatic carbocycles. The van der Waals surface area contributed by atoms with E-state index in [1.165, 1.54) is 43.8 Å². The topological polar surface area (TPSA) is 71.1 Å². The van der Waals surface area contributed by atoms with Crippen molar-refractivity contribution in [1.29, 1.82) is 0 Å². The van der Waals surface area contributed by atoms with E-state index < -0.39 is 17.4 Å². The number of rotatable bonds is 12. The molecule has 1 aliphatic rings. The van der Waals surface area contributed by atoms with Gasteiger partial charge in [0.15, 0.2) is 0 Å². The number of ether oxygens (including phenoxy) is 4. The molecule has 49 heavy (non-hydrogen) atoms. The maximum atomic E-state index is 11.4. The van der Waals surface area contributed by atoms with Crippen molar-refractivity contribution in [3.8, 4) is 22.6 Å². The Morgan fingerprint density at radius 2 is 0.918 bits per heavy atom. The molecule has 7 rings (SSSR count). The van der Waals surface area contributed by atoms with Crippen LogP contribution in [0.2, 0.25) is 0 Å². The molecule has 0 N–H and O–H groups in total. The van der Waals surface area contributed by atoms with Crippen LogP contribution in [0.25, 0.3) is 32.7 Å². The van der Waals surface area contributed by atoms with Crippen molar-refractivity contribution in [1.82, 2.24) is 0 Å². The average molecular weight is 647 g/mol. The van der Waals surface area contributed by atoms with E-state index in [1.54, 1.807) is 0 Å². The van der Waals surface area contributed by atoms with Gasteiger partial charge in [0.2, 0.25) is 0 Å². The second kappa shape index (κ2) is 13.5. The molecule has 0 bridgehead atoms. The van der Waals surface area contributed by atoms with Crippen LogP contribution in [-0.2, 0) is 24.5 Å². The van der Waals surface area contributed by atoms with Crippen molar-refractivity contribution in [3.63, 3.8) is 0 Å². The van der Waals surface area contributed by atoms with Gasteiger partial charge in [0.25, 0.3) is 0 Å². The highest BCUT2D eigenvalue weighted by molar-refractivity contribution is 6.12. The first-order valence-corrected chi connectivity index (χ1v) is 16.1. The van der Waals surface area contributed by atoms with E-state index >= 15 is 0 Å². The summed E-state index contributed by atoms with van der Waals surface area (Å²) in [7, 11) is 0. The van der Waals surface area contributed by atoms with Crippen LogP contribution in [0, 0.1) is 0 Å². The van der Waals surface area contributed by atoms with Gasteiger partial charge in [-0.15, -0.1) is 0 Å². The molecule has 242 valence electrons. The van der Waals surface area contributed by atoms with Crippen molar-refractivity contribution in [2.45, 2.75) is 5.41 Å². The monoisotopic (exact) mass is 646 g/mol. The maximum absolute atomic E-state index is 11.4. The molecule has 0 unspecified atom stereocenters. The lowest BCUT2D eigenvalue weighted by Gasteiger charge is -2.34. The molecule has 0 amide bonds. The van der Waals surface area contributed by atoms with Gasteiger partial charge in [-0.25, -0.2) is 9.59 Å². The summed E-state index contributed by atoms with van der Waals surface area (Å²) in [5.41, 5.74) is 6.30. The number of fused-ring (bicyclic) bond motifs is 7. The summed E-state index contributed by atoms with van der Waals surface area (Å²) >= 11 is 0. The normalized spacial score (nSPS) is 12.5. The van der Waals surface area contributed by atoms with E-state index in [2.05, 4.69) is 110 Å². The lowest BCUT2D eigenvalue weighted by Crippen LogP contribution is -2.28. The number of hydrogen-bond donors (Lipinski definition) is 0. The average Bonchev–Trinajstić information content (AvgIpc) is 3.47. The Bertz CT molecular complexity index is 2040. The third-order valence-electron chi connectivity index (χ3n) is 9.02. The summed E-state index contributed by atoms with van der Waals surface area (Å²) in [6.07, 6.45) is 2.27.